The number of ketones is 1. The summed E-state index contributed by atoms with van der Waals surface area (Å²) in [6.07, 6.45) is 0. The summed E-state index contributed by atoms with van der Waals surface area (Å²) >= 11 is 0. The van der Waals surface area contributed by atoms with Gasteiger partial charge in [0.2, 0.25) is 0 Å². The molecule has 0 spiro atoms. The van der Waals surface area contributed by atoms with Crippen molar-refractivity contribution in [1.29, 1.82) is 0 Å². The van der Waals surface area contributed by atoms with E-state index in [-0.39, 0.29) is 11.4 Å². The van der Waals surface area contributed by atoms with Gasteiger partial charge in [0.05, 0.1) is 0 Å². The number of anilines is 1. The van der Waals surface area contributed by atoms with Crippen LogP contribution in [-0.2, 0) is 0 Å². The molecule has 0 aliphatic heterocycles. The van der Waals surface area contributed by atoms with Crippen molar-refractivity contribution < 1.29 is 4.79 Å². The molecular weight excluding hydrogens is 139 g/mol. The monoisotopic (exact) mass is 146 g/mol. The molecule has 0 fully saturated rings. The highest BCUT2D eigenvalue weighted by Gasteiger charge is 2.01. The van der Waals surface area contributed by atoms with Gasteiger partial charge in [-0.1, -0.05) is 0 Å². The van der Waals surface area contributed by atoms with Gasteiger partial charge in [-0.3, -0.25) is 9.78 Å². The summed E-state index contributed by atoms with van der Waals surface area (Å²) in [6.45, 7) is 1.42. The van der Waals surface area contributed by atoms with Gasteiger partial charge < -0.3 is 5.73 Å². The maximum Gasteiger partial charge on any atom is 0.178 e. The largest absolute Gasteiger partial charge is 0.399 e. The van der Waals surface area contributed by atoms with Crippen LogP contribution >= 0.6 is 0 Å². The van der Waals surface area contributed by atoms with Crippen molar-refractivity contribution in [3.63, 3.8) is 0 Å². The molecule has 0 atom stereocenters. The molecule has 2 N–H and O–H groups in total. The van der Waals surface area contributed by atoms with Gasteiger partial charge in [0.1, 0.15) is 13.5 Å². The van der Waals surface area contributed by atoms with E-state index in [1.54, 1.807) is 0 Å². The van der Waals surface area contributed by atoms with Gasteiger partial charge in [-0.2, -0.15) is 0 Å². The van der Waals surface area contributed by atoms with Crippen molar-refractivity contribution in [2.45, 2.75) is 6.92 Å². The summed E-state index contributed by atoms with van der Waals surface area (Å²) in [7, 11) is 5.35. The summed E-state index contributed by atoms with van der Waals surface area (Å²) in [4.78, 5) is 14.6. The van der Waals surface area contributed by atoms with Crippen molar-refractivity contribution in [2.24, 2.45) is 0 Å². The normalized spacial score (nSPS) is 9.55. The topological polar surface area (TPSA) is 56.0 Å². The first-order valence-electron chi connectivity index (χ1n) is 3.13. The van der Waals surface area contributed by atoms with Crippen LogP contribution in [0.4, 0.5) is 5.69 Å². The first-order chi connectivity index (χ1) is 5.09. The van der Waals surface area contributed by atoms with Gasteiger partial charge in [0.15, 0.2) is 5.78 Å². The number of nitrogens with two attached hydrogens (primary N) is 1. The standard InChI is InChI=1S/C7H7BN2O/c1-4(11)6-2-5(9)3-7(8)10-6/h2-3H,1H3,(H2,9,10). The van der Waals surface area contributed by atoms with E-state index in [1.807, 2.05) is 0 Å². The summed E-state index contributed by atoms with van der Waals surface area (Å²) in [5.74, 6) is -0.135. The van der Waals surface area contributed by atoms with E-state index in [0.717, 1.165) is 0 Å². The Hall–Kier alpha value is -1.32. The van der Waals surface area contributed by atoms with Gasteiger partial charge in [-0.15, -0.1) is 0 Å². The molecule has 3 nitrogen and oxygen atoms in total. The van der Waals surface area contributed by atoms with E-state index in [0.29, 0.717) is 11.4 Å². The maximum atomic E-state index is 10.8. The lowest BCUT2D eigenvalue weighted by atomic mass is 10.0. The van der Waals surface area contributed by atoms with Crippen LogP contribution in [0, 0.1) is 0 Å². The molecule has 1 aromatic heterocycles. The third kappa shape index (κ3) is 1.80. The molecule has 0 aliphatic carbocycles. The number of aromatic nitrogens is 1. The molecule has 4 heteroatoms. The molecule has 0 saturated carbocycles. The SMILES string of the molecule is [B]c1cc(N)cc(C(C)=O)n1. The van der Waals surface area contributed by atoms with Crippen LogP contribution < -0.4 is 11.3 Å². The highest BCUT2D eigenvalue weighted by atomic mass is 16.1. The molecule has 0 saturated heterocycles. The number of hydrogen-bond donors (Lipinski definition) is 1. The third-order valence-corrected chi connectivity index (χ3v) is 1.23. The molecule has 0 bridgehead atoms. The molecule has 1 heterocycles. The highest BCUT2D eigenvalue weighted by molar-refractivity contribution is 6.31. The summed E-state index contributed by atoms with van der Waals surface area (Å²) < 4.78 is 0. The number of nitrogen functional groups attached to an aromatic ring is 1. The molecule has 0 amide bonds. The van der Waals surface area contributed by atoms with Crippen molar-refractivity contribution in [3.8, 4) is 0 Å². The number of carbonyl (C=O) groups is 1. The Balaban J connectivity index is 3.19. The fraction of sp³-hybridized carbons (Fsp3) is 0.143. The van der Waals surface area contributed by atoms with Crippen LogP contribution in [0.2, 0.25) is 0 Å². The second kappa shape index (κ2) is 2.74. The predicted octanol–water partition coefficient (Wildman–Crippen LogP) is -0.340. The zero-order chi connectivity index (χ0) is 8.43. The van der Waals surface area contributed by atoms with Gasteiger partial charge in [0.25, 0.3) is 0 Å². The molecule has 1 aromatic rings. The maximum absolute atomic E-state index is 10.8. The molecule has 11 heavy (non-hydrogen) atoms. The summed E-state index contributed by atoms with van der Waals surface area (Å²) in [5, 5.41) is 0. The summed E-state index contributed by atoms with van der Waals surface area (Å²) in [5.41, 5.74) is 6.47. The quantitative estimate of drug-likeness (QED) is 0.435. The fourth-order valence-corrected chi connectivity index (χ4v) is 0.754. The number of Topliss-reactive ketones (excluding diaryl/α,β-unsaturated/α-hetero) is 1. The van der Waals surface area contributed by atoms with Gasteiger partial charge in [-0.25, -0.2) is 0 Å². The van der Waals surface area contributed by atoms with Gasteiger partial charge in [-0.05, 0) is 17.7 Å². The Morgan fingerprint density at radius 3 is 2.73 bits per heavy atom. The van der Waals surface area contributed by atoms with Crippen molar-refractivity contribution in [3.05, 3.63) is 17.8 Å². The first-order valence-corrected chi connectivity index (χ1v) is 3.13. The second-order valence-electron chi connectivity index (χ2n) is 2.27. The Kier molecular flexibility index (Phi) is 1.94. The fourth-order valence-electron chi connectivity index (χ4n) is 0.754. The van der Waals surface area contributed by atoms with E-state index < -0.39 is 0 Å². The smallest absolute Gasteiger partial charge is 0.178 e. The van der Waals surface area contributed by atoms with Crippen LogP contribution in [0.1, 0.15) is 17.4 Å². The number of hydrogen-bond acceptors (Lipinski definition) is 3. The zero-order valence-corrected chi connectivity index (χ0v) is 6.16. The number of pyridine rings is 1. The van der Waals surface area contributed by atoms with E-state index >= 15 is 0 Å². The van der Waals surface area contributed by atoms with Crippen LogP contribution in [0.15, 0.2) is 12.1 Å². The second-order valence-corrected chi connectivity index (χ2v) is 2.27. The van der Waals surface area contributed by atoms with Crippen LogP contribution in [-0.4, -0.2) is 18.6 Å². The Morgan fingerprint density at radius 1 is 1.64 bits per heavy atom. The Bertz CT molecular complexity index is 278. The van der Waals surface area contributed by atoms with E-state index in [9.17, 15) is 4.79 Å². The molecule has 0 aliphatic rings. The van der Waals surface area contributed by atoms with Crippen molar-refractivity contribution in [2.75, 3.05) is 5.73 Å². The van der Waals surface area contributed by atoms with Crippen molar-refractivity contribution in [1.82, 2.24) is 4.98 Å². The molecule has 0 aromatic carbocycles. The minimum absolute atomic E-state index is 0.135. The van der Waals surface area contributed by atoms with Crippen LogP contribution in [0.5, 0.6) is 0 Å². The number of rotatable bonds is 1. The lowest BCUT2D eigenvalue weighted by Gasteiger charge is -1.99. The minimum atomic E-state index is -0.135. The lowest BCUT2D eigenvalue weighted by Crippen LogP contribution is -2.13. The highest BCUT2D eigenvalue weighted by Crippen LogP contribution is 2.00. The molecular formula is C7H7BN2O. The van der Waals surface area contributed by atoms with Crippen LogP contribution in [0.25, 0.3) is 0 Å². The van der Waals surface area contributed by atoms with Crippen molar-refractivity contribution >= 4 is 24.9 Å². The average Bonchev–Trinajstić information content (AvgIpc) is 1.85. The third-order valence-electron chi connectivity index (χ3n) is 1.23. The number of nitrogens with zero attached hydrogens (tertiary/aromatic N) is 1. The Labute approximate surface area is 66.0 Å². The first kappa shape index (κ1) is 7.79. The Morgan fingerprint density at radius 2 is 2.27 bits per heavy atom. The van der Waals surface area contributed by atoms with E-state index in [2.05, 4.69) is 4.98 Å². The molecule has 1 rings (SSSR count). The zero-order valence-electron chi connectivity index (χ0n) is 6.16. The molecule has 2 radical (unpaired) electrons. The van der Waals surface area contributed by atoms with Crippen LogP contribution in [0.3, 0.4) is 0 Å². The van der Waals surface area contributed by atoms with E-state index in [4.69, 9.17) is 13.6 Å². The van der Waals surface area contributed by atoms with E-state index in [1.165, 1.54) is 19.1 Å². The molecule has 54 valence electrons. The van der Waals surface area contributed by atoms with Gasteiger partial charge >= 0.3 is 0 Å². The average molecular weight is 146 g/mol. The van der Waals surface area contributed by atoms with Gasteiger partial charge in [0, 0.05) is 12.6 Å². The lowest BCUT2D eigenvalue weighted by molar-refractivity contribution is 0.101. The minimum Gasteiger partial charge on any atom is -0.399 e. The molecule has 0 unspecified atom stereocenters. The predicted molar refractivity (Wildman–Crippen MR) is 44.0 cm³/mol. The number of carbonyl (C=O) groups excluding carboxylic acids is 1. The summed E-state index contributed by atoms with van der Waals surface area (Å²) in [6, 6.07) is 3.01.